The molecule has 4 heteroatoms. The van der Waals surface area contributed by atoms with Crippen molar-refractivity contribution in [2.45, 2.75) is 25.7 Å². The molecule has 1 N–H and O–H groups in total. The Balaban J connectivity index is 2.24. The number of sulfone groups is 1. The number of allylic oxidation sites excluding steroid dienone is 1. The number of hydrogen-bond donors (Lipinski definition) is 1. The summed E-state index contributed by atoms with van der Waals surface area (Å²) < 4.78 is 22.7. The fraction of sp³-hybridized carbons (Fsp3) is 0.818. The second-order valence-corrected chi connectivity index (χ2v) is 6.45. The van der Waals surface area contributed by atoms with Crippen LogP contribution in [0.3, 0.4) is 0 Å². The Hall–Kier alpha value is -0.350. The highest BCUT2D eigenvalue weighted by Gasteiger charge is 2.23. The normalized spacial score (nSPS) is 25.8. The molecule has 3 nitrogen and oxygen atoms in total. The maximum absolute atomic E-state index is 11.4. The van der Waals surface area contributed by atoms with Crippen molar-refractivity contribution in [3.63, 3.8) is 0 Å². The second-order valence-electron chi connectivity index (χ2n) is 4.22. The van der Waals surface area contributed by atoms with E-state index in [9.17, 15) is 8.42 Å². The molecule has 0 aliphatic carbocycles. The highest BCUT2D eigenvalue weighted by molar-refractivity contribution is 7.91. The van der Waals surface area contributed by atoms with Gasteiger partial charge in [0.25, 0.3) is 0 Å². The molecule has 1 rings (SSSR count). The van der Waals surface area contributed by atoms with Gasteiger partial charge in [-0.2, -0.15) is 0 Å². The standard InChI is InChI=1S/C11H21NO2S/c1-12-8-4-2-3-6-11-7-5-9-15(13,14)10-11/h2-3,11-12H,4-10H2,1H3/b3-2-. The minimum absolute atomic E-state index is 0.356. The van der Waals surface area contributed by atoms with Crippen molar-refractivity contribution in [1.82, 2.24) is 5.32 Å². The average Bonchev–Trinajstić information content (AvgIpc) is 2.16. The zero-order valence-corrected chi connectivity index (χ0v) is 10.2. The van der Waals surface area contributed by atoms with Crippen LogP contribution in [0.2, 0.25) is 0 Å². The van der Waals surface area contributed by atoms with E-state index < -0.39 is 9.84 Å². The topological polar surface area (TPSA) is 46.2 Å². The lowest BCUT2D eigenvalue weighted by molar-refractivity contribution is 0.489. The van der Waals surface area contributed by atoms with Gasteiger partial charge in [0.05, 0.1) is 11.5 Å². The Morgan fingerprint density at radius 2 is 2.20 bits per heavy atom. The van der Waals surface area contributed by atoms with Crippen LogP contribution in [-0.2, 0) is 9.84 Å². The molecular formula is C11H21NO2S. The molecule has 1 fully saturated rings. The van der Waals surface area contributed by atoms with Gasteiger partial charge in [-0.15, -0.1) is 0 Å². The van der Waals surface area contributed by atoms with Gasteiger partial charge in [-0.1, -0.05) is 12.2 Å². The van der Waals surface area contributed by atoms with Crippen molar-refractivity contribution in [1.29, 1.82) is 0 Å². The first-order chi connectivity index (χ1) is 7.14. The minimum atomic E-state index is -2.73. The summed E-state index contributed by atoms with van der Waals surface area (Å²) >= 11 is 0. The molecule has 0 bridgehead atoms. The lowest BCUT2D eigenvalue weighted by Crippen LogP contribution is -2.24. The first-order valence-corrected chi connectivity index (χ1v) is 7.46. The van der Waals surface area contributed by atoms with Gasteiger partial charge in [-0.3, -0.25) is 0 Å². The van der Waals surface area contributed by atoms with Crippen molar-refractivity contribution in [2.24, 2.45) is 5.92 Å². The second kappa shape index (κ2) is 6.28. The third-order valence-corrected chi connectivity index (χ3v) is 4.64. The number of nitrogens with one attached hydrogen (secondary N) is 1. The van der Waals surface area contributed by atoms with Gasteiger partial charge in [0, 0.05) is 0 Å². The van der Waals surface area contributed by atoms with Crippen molar-refractivity contribution in [3.8, 4) is 0 Å². The predicted molar refractivity (Wildman–Crippen MR) is 63.7 cm³/mol. The van der Waals surface area contributed by atoms with Gasteiger partial charge < -0.3 is 5.32 Å². The van der Waals surface area contributed by atoms with E-state index in [4.69, 9.17) is 0 Å². The van der Waals surface area contributed by atoms with Crippen LogP contribution >= 0.6 is 0 Å². The van der Waals surface area contributed by atoms with E-state index in [0.29, 0.717) is 17.4 Å². The molecule has 1 aliphatic heterocycles. The molecule has 0 radical (unpaired) electrons. The molecule has 0 aromatic carbocycles. The van der Waals surface area contributed by atoms with Crippen molar-refractivity contribution >= 4 is 9.84 Å². The maximum Gasteiger partial charge on any atom is 0.150 e. The molecule has 88 valence electrons. The number of hydrogen-bond acceptors (Lipinski definition) is 3. The van der Waals surface area contributed by atoms with Gasteiger partial charge in [0.2, 0.25) is 0 Å². The Bertz CT molecular complexity index is 296. The van der Waals surface area contributed by atoms with Crippen LogP contribution in [0.1, 0.15) is 25.7 Å². The molecule has 0 aromatic heterocycles. The zero-order valence-electron chi connectivity index (χ0n) is 9.41. The summed E-state index contributed by atoms with van der Waals surface area (Å²) in [4.78, 5) is 0. The molecule has 1 unspecified atom stereocenters. The van der Waals surface area contributed by atoms with Crippen molar-refractivity contribution < 1.29 is 8.42 Å². The van der Waals surface area contributed by atoms with Gasteiger partial charge >= 0.3 is 0 Å². The highest BCUT2D eigenvalue weighted by Crippen LogP contribution is 2.21. The van der Waals surface area contributed by atoms with Gasteiger partial charge in [0.1, 0.15) is 0 Å². The van der Waals surface area contributed by atoms with Crippen LogP contribution in [0.25, 0.3) is 0 Å². The van der Waals surface area contributed by atoms with E-state index >= 15 is 0 Å². The molecule has 0 amide bonds. The molecular weight excluding hydrogens is 210 g/mol. The van der Waals surface area contributed by atoms with Gasteiger partial charge in [-0.25, -0.2) is 8.42 Å². The Morgan fingerprint density at radius 3 is 2.87 bits per heavy atom. The van der Waals surface area contributed by atoms with Crippen LogP contribution in [0.15, 0.2) is 12.2 Å². The van der Waals surface area contributed by atoms with E-state index in [1.54, 1.807) is 0 Å². The highest BCUT2D eigenvalue weighted by atomic mass is 32.2. The van der Waals surface area contributed by atoms with Crippen LogP contribution in [0.4, 0.5) is 0 Å². The smallest absolute Gasteiger partial charge is 0.150 e. The van der Waals surface area contributed by atoms with Crippen LogP contribution in [0, 0.1) is 5.92 Å². The summed E-state index contributed by atoms with van der Waals surface area (Å²) in [6.07, 6.45) is 8.12. The quantitative estimate of drug-likeness (QED) is 0.574. The first kappa shape index (κ1) is 12.7. The molecule has 1 atom stereocenters. The van der Waals surface area contributed by atoms with E-state index in [1.807, 2.05) is 7.05 Å². The van der Waals surface area contributed by atoms with E-state index in [2.05, 4.69) is 17.5 Å². The SMILES string of the molecule is CNCC/C=C\CC1CCCS(=O)(=O)C1. The summed E-state index contributed by atoms with van der Waals surface area (Å²) in [6, 6.07) is 0. The Kier molecular flexibility index (Phi) is 5.32. The summed E-state index contributed by atoms with van der Waals surface area (Å²) in [6.45, 7) is 0.986. The summed E-state index contributed by atoms with van der Waals surface area (Å²) in [5.41, 5.74) is 0. The summed E-state index contributed by atoms with van der Waals surface area (Å²) in [7, 11) is -0.793. The van der Waals surface area contributed by atoms with Crippen molar-refractivity contribution in [2.75, 3.05) is 25.1 Å². The first-order valence-electron chi connectivity index (χ1n) is 5.64. The van der Waals surface area contributed by atoms with Crippen molar-refractivity contribution in [3.05, 3.63) is 12.2 Å². The van der Waals surface area contributed by atoms with E-state index in [-0.39, 0.29) is 0 Å². The average molecular weight is 231 g/mol. The molecule has 0 aromatic rings. The van der Waals surface area contributed by atoms with Gasteiger partial charge in [-0.05, 0) is 45.2 Å². The third kappa shape index (κ3) is 5.33. The zero-order chi connectivity index (χ0) is 11.1. The summed E-state index contributed by atoms with van der Waals surface area (Å²) in [5, 5.41) is 3.07. The minimum Gasteiger partial charge on any atom is -0.319 e. The maximum atomic E-state index is 11.4. The summed E-state index contributed by atoms with van der Waals surface area (Å²) in [5.74, 6) is 1.14. The van der Waals surface area contributed by atoms with Crippen LogP contribution in [-0.4, -0.2) is 33.5 Å². The molecule has 1 saturated heterocycles. The molecule has 0 saturated carbocycles. The number of rotatable bonds is 5. The third-order valence-electron chi connectivity index (χ3n) is 2.75. The lowest BCUT2D eigenvalue weighted by Gasteiger charge is -2.20. The fourth-order valence-electron chi connectivity index (χ4n) is 1.94. The predicted octanol–water partition coefficient (Wildman–Crippen LogP) is 1.37. The monoisotopic (exact) mass is 231 g/mol. The lowest BCUT2D eigenvalue weighted by atomic mass is 10.0. The molecule has 0 spiro atoms. The van der Waals surface area contributed by atoms with Gasteiger partial charge in [0.15, 0.2) is 9.84 Å². The molecule has 1 aliphatic rings. The van der Waals surface area contributed by atoms with E-state index in [1.165, 1.54) is 0 Å². The molecule has 15 heavy (non-hydrogen) atoms. The Labute approximate surface area is 92.9 Å². The largest absolute Gasteiger partial charge is 0.319 e. The van der Waals surface area contributed by atoms with E-state index in [0.717, 1.165) is 32.2 Å². The fourth-order valence-corrected chi connectivity index (χ4v) is 3.73. The van der Waals surface area contributed by atoms with Crippen LogP contribution in [0.5, 0.6) is 0 Å². The van der Waals surface area contributed by atoms with Crippen LogP contribution < -0.4 is 5.32 Å². The molecule has 1 heterocycles. The Morgan fingerprint density at radius 1 is 1.40 bits per heavy atom.